The quantitative estimate of drug-likeness (QED) is 0.824. The maximum Gasteiger partial charge on any atom is 0.256 e. The molecule has 0 aliphatic heterocycles. The van der Waals surface area contributed by atoms with Crippen molar-refractivity contribution in [2.24, 2.45) is 0 Å². The Labute approximate surface area is 133 Å². The molecule has 1 heterocycles. The summed E-state index contributed by atoms with van der Waals surface area (Å²) in [6, 6.07) is 7.12. The van der Waals surface area contributed by atoms with Crippen molar-refractivity contribution in [1.82, 2.24) is 9.88 Å². The highest BCUT2D eigenvalue weighted by Gasteiger charge is 2.18. The first-order valence-corrected chi connectivity index (χ1v) is 7.30. The van der Waals surface area contributed by atoms with E-state index in [1.54, 1.807) is 12.1 Å². The number of nitrogens with one attached hydrogen (secondary N) is 1. The Morgan fingerprint density at radius 3 is 2.57 bits per heavy atom. The van der Waals surface area contributed by atoms with Gasteiger partial charge in [0.05, 0.1) is 17.2 Å². The molecule has 0 unspecified atom stereocenters. The highest BCUT2D eigenvalue weighted by Crippen LogP contribution is 2.33. The summed E-state index contributed by atoms with van der Waals surface area (Å²) in [5.74, 6) is 0.0129. The smallest absolute Gasteiger partial charge is 0.256 e. The number of amides is 1. The molecular weight excluding hydrogens is 311 g/mol. The van der Waals surface area contributed by atoms with E-state index in [0.29, 0.717) is 22.3 Å². The van der Waals surface area contributed by atoms with Gasteiger partial charge in [-0.15, -0.1) is 0 Å². The van der Waals surface area contributed by atoms with Crippen LogP contribution in [0.3, 0.4) is 0 Å². The highest BCUT2D eigenvalue weighted by atomic mass is 35.5. The Balaban J connectivity index is 1.95. The molecule has 0 saturated carbocycles. The third-order valence-electron chi connectivity index (χ3n) is 3.03. The molecule has 2 aromatic rings. The number of ether oxygens (including phenoxy) is 1. The van der Waals surface area contributed by atoms with E-state index in [1.807, 2.05) is 24.5 Å². The first-order chi connectivity index (χ1) is 10.1. The van der Waals surface area contributed by atoms with E-state index in [9.17, 15) is 4.79 Å². The van der Waals surface area contributed by atoms with Crippen molar-refractivity contribution in [3.8, 4) is 5.75 Å². The number of benzene rings is 1. The van der Waals surface area contributed by atoms with Crippen molar-refractivity contribution in [2.45, 2.75) is 13.0 Å². The topological polar surface area (TPSA) is 43.3 Å². The van der Waals surface area contributed by atoms with Crippen LogP contribution in [-0.4, -0.2) is 24.1 Å². The summed E-state index contributed by atoms with van der Waals surface area (Å²) in [5, 5.41) is 3.51. The average Bonchev–Trinajstić information content (AvgIpc) is 2.98. The summed E-state index contributed by atoms with van der Waals surface area (Å²) in [7, 11) is 1.46. The van der Waals surface area contributed by atoms with Gasteiger partial charge in [0.1, 0.15) is 5.56 Å². The van der Waals surface area contributed by atoms with Crippen molar-refractivity contribution >= 4 is 29.1 Å². The lowest BCUT2D eigenvalue weighted by Crippen LogP contribution is -2.26. The van der Waals surface area contributed by atoms with Crippen molar-refractivity contribution in [2.75, 3.05) is 13.7 Å². The van der Waals surface area contributed by atoms with E-state index in [1.165, 1.54) is 7.11 Å². The molecule has 1 N–H and O–H groups in total. The molecule has 0 aliphatic carbocycles. The number of aryl methyl sites for hydroxylation is 1. The van der Waals surface area contributed by atoms with Gasteiger partial charge in [0, 0.05) is 25.5 Å². The van der Waals surface area contributed by atoms with Gasteiger partial charge in [-0.25, -0.2) is 0 Å². The van der Waals surface area contributed by atoms with Crippen LogP contribution in [0.1, 0.15) is 16.8 Å². The molecule has 0 fully saturated rings. The van der Waals surface area contributed by atoms with Gasteiger partial charge in [-0.1, -0.05) is 23.2 Å². The zero-order valence-electron chi connectivity index (χ0n) is 11.6. The summed E-state index contributed by atoms with van der Waals surface area (Å²) in [4.78, 5) is 12.2. The molecule has 0 radical (unpaired) electrons. The fraction of sp³-hybridized carbons (Fsp3) is 0.267. The Morgan fingerprint density at radius 2 is 1.90 bits per heavy atom. The number of halogens is 2. The number of hydrogen-bond acceptors (Lipinski definition) is 2. The van der Waals surface area contributed by atoms with Crippen LogP contribution in [0.5, 0.6) is 5.75 Å². The molecule has 1 amide bonds. The molecule has 6 heteroatoms. The first-order valence-electron chi connectivity index (χ1n) is 6.54. The Bertz CT molecular complexity index is 612. The van der Waals surface area contributed by atoms with Crippen molar-refractivity contribution in [1.29, 1.82) is 0 Å². The van der Waals surface area contributed by atoms with Gasteiger partial charge in [0.15, 0.2) is 5.75 Å². The van der Waals surface area contributed by atoms with Crippen LogP contribution in [-0.2, 0) is 6.54 Å². The van der Waals surface area contributed by atoms with E-state index in [2.05, 4.69) is 9.88 Å². The van der Waals surface area contributed by atoms with Crippen LogP contribution in [0.15, 0.2) is 36.7 Å². The van der Waals surface area contributed by atoms with Gasteiger partial charge >= 0.3 is 0 Å². The van der Waals surface area contributed by atoms with Crippen LogP contribution >= 0.6 is 23.2 Å². The molecule has 0 saturated heterocycles. The number of carbonyl (C=O) groups excluding carboxylic acids is 1. The Hall–Kier alpha value is -1.65. The van der Waals surface area contributed by atoms with Gasteiger partial charge in [0.25, 0.3) is 5.91 Å². The van der Waals surface area contributed by atoms with Crippen molar-refractivity contribution < 1.29 is 9.53 Å². The SMILES string of the molecule is COc1c(Cl)ccc(Cl)c1C(=O)NCCCn1cccc1. The predicted molar refractivity (Wildman–Crippen MR) is 84.4 cm³/mol. The van der Waals surface area contributed by atoms with Crippen LogP contribution in [0, 0.1) is 0 Å². The van der Waals surface area contributed by atoms with Crippen LogP contribution < -0.4 is 10.1 Å². The number of methoxy groups -OCH3 is 1. The number of carbonyl (C=O) groups is 1. The molecule has 4 nitrogen and oxygen atoms in total. The molecule has 112 valence electrons. The second-order valence-electron chi connectivity index (χ2n) is 4.47. The van der Waals surface area contributed by atoms with Crippen LogP contribution in [0.4, 0.5) is 0 Å². The van der Waals surface area contributed by atoms with E-state index in [4.69, 9.17) is 27.9 Å². The lowest BCUT2D eigenvalue weighted by molar-refractivity contribution is 0.0950. The van der Waals surface area contributed by atoms with Gasteiger partial charge in [0.2, 0.25) is 0 Å². The molecule has 0 atom stereocenters. The second kappa shape index (κ2) is 7.38. The van der Waals surface area contributed by atoms with Gasteiger partial charge < -0.3 is 14.6 Å². The third-order valence-corrected chi connectivity index (χ3v) is 3.65. The predicted octanol–water partition coefficient (Wildman–Crippen LogP) is 3.62. The van der Waals surface area contributed by atoms with Crippen LogP contribution in [0.25, 0.3) is 0 Å². The van der Waals surface area contributed by atoms with E-state index in [-0.39, 0.29) is 11.5 Å². The molecule has 0 bridgehead atoms. The summed E-state index contributed by atoms with van der Waals surface area (Å²) in [6.45, 7) is 1.39. The standard InChI is InChI=1S/C15H16Cl2N2O2/c1-21-14-12(17)6-5-11(16)13(14)15(20)18-7-4-10-19-8-2-3-9-19/h2-3,5-6,8-9H,4,7,10H2,1H3,(H,18,20). The average molecular weight is 327 g/mol. The largest absolute Gasteiger partial charge is 0.494 e. The monoisotopic (exact) mass is 326 g/mol. The third kappa shape index (κ3) is 3.93. The van der Waals surface area contributed by atoms with Crippen molar-refractivity contribution in [3.63, 3.8) is 0 Å². The van der Waals surface area contributed by atoms with Gasteiger partial charge in [-0.05, 0) is 30.7 Å². The molecule has 0 aliphatic rings. The number of rotatable bonds is 6. The fourth-order valence-corrected chi connectivity index (χ4v) is 2.48. The molecular formula is C15H16Cl2N2O2. The highest BCUT2D eigenvalue weighted by molar-refractivity contribution is 6.37. The molecule has 2 rings (SSSR count). The maximum atomic E-state index is 12.2. The second-order valence-corrected chi connectivity index (χ2v) is 5.28. The van der Waals surface area contributed by atoms with E-state index in [0.717, 1.165) is 13.0 Å². The van der Waals surface area contributed by atoms with E-state index >= 15 is 0 Å². The normalized spacial score (nSPS) is 10.4. The lowest BCUT2D eigenvalue weighted by atomic mass is 10.2. The molecule has 1 aromatic carbocycles. The summed E-state index contributed by atoms with van der Waals surface area (Å²) in [5.41, 5.74) is 0.271. The molecule has 0 spiro atoms. The number of aromatic nitrogens is 1. The summed E-state index contributed by atoms with van der Waals surface area (Å²) in [6.07, 6.45) is 4.79. The maximum absolute atomic E-state index is 12.2. The number of nitrogens with zero attached hydrogens (tertiary/aromatic N) is 1. The number of hydrogen-bond donors (Lipinski definition) is 1. The van der Waals surface area contributed by atoms with Gasteiger partial charge in [-0.2, -0.15) is 0 Å². The zero-order chi connectivity index (χ0) is 15.2. The van der Waals surface area contributed by atoms with Gasteiger partial charge in [-0.3, -0.25) is 4.79 Å². The Morgan fingerprint density at radius 1 is 1.24 bits per heavy atom. The molecule has 21 heavy (non-hydrogen) atoms. The lowest BCUT2D eigenvalue weighted by Gasteiger charge is -2.12. The fourth-order valence-electron chi connectivity index (χ4n) is 2.02. The summed E-state index contributed by atoms with van der Waals surface area (Å²) >= 11 is 12.1. The minimum absolute atomic E-state index is 0.271. The Kier molecular flexibility index (Phi) is 5.53. The molecule has 1 aromatic heterocycles. The van der Waals surface area contributed by atoms with Crippen molar-refractivity contribution in [3.05, 3.63) is 52.3 Å². The van der Waals surface area contributed by atoms with E-state index < -0.39 is 0 Å². The zero-order valence-corrected chi connectivity index (χ0v) is 13.1. The van der Waals surface area contributed by atoms with Crippen LogP contribution in [0.2, 0.25) is 10.0 Å². The summed E-state index contributed by atoms with van der Waals surface area (Å²) < 4.78 is 7.22. The minimum Gasteiger partial charge on any atom is -0.494 e. The minimum atomic E-state index is -0.285. The first kappa shape index (κ1) is 15.7.